The standard InChI is InChI=1S/C22H25FN4O4/c1-29-7-8-31-20-10-15-17(11-19(20)30-2)26-22(16-9-13(23)3-4-18(16)28)27-21(15)25-14-5-6-24-12-14/h3-4,9-11,14,24,28H,5-8,12H2,1-2H3,(H,25,26,27)/t14-/m0/s1. The predicted molar refractivity (Wildman–Crippen MR) is 115 cm³/mol. The largest absolute Gasteiger partial charge is 0.507 e. The first kappa shape index (κ1) is 21.1. The highest BCUT2D eigenvalue weighted by molar-refractivity contribution is 5.93. The zero-order chi connectivity index (χ0) is 21.8. The van der Waals surface area contributed by atoms with Gasteiger partial charge in [-0.2, -0.15) is 0 Å². The van der Waals surface area contributed by atoms with Crippen molar-refractivity contribution < 1.29 is 23.7 Å². The first-order valence-electron chi connectivity index (χ1n) is 10.1. The lowest BCUT2D eigenvalue weighted by atomic mass is 10.1. The Morgan fingerprint density at radius 3 is 2.77 bits per heavy atom. The molecule has 0 spiro atoms. The van der Waals surface area contributed by atoms with Gasteiger partial charge in [-0.15, -0.1) is 0 Å². The number of benzene rings is 2. The van der Waals surface area contributed by atoms with E-state index in [2.05, 4.69) is 20.6 Å². The number of anilines is 1. The molecule has 0 bridgehead atoms. The molecule has 0 amide bonds. The molecule has 164 valence electrons. The van der Waals surface area contributed by atoms with Crippen molar-refractivity contribution in [2.24, 2.45) is 0 Å². The van der Waals surface area contributed by atoms with Crippen LogP contribution >= 0.6 is 0 Å². The molecule has 1 aliphatic rings. The Morgan fingerprint density at radius 2 is 2.03 bits per heavy atom. The molecule has 3 aromatic rings. The van der Waals surface area contributed by atoms with E-state index in [1.54, 1.807) is 20.3 Å². The number of hydrogen-bond acceptors (Lipinski definition) is 8. The van der Waals surface area contributed by atoms with E-state index in [1.165, 1.54) is 18.2 Å². The number of phenolic OH excluding ortho intramolecular Hbond substituents is 1. The number of nitrogens with zero attached hydrogens (tertiary/aromatic N) is 2. The van der Waals surface area contributed by atoms with Crippen LogP contribution in [-0.2, 0) is 4.74 Å². The zero-order valence-corrected chi connectivity index (χ0v) is 17.4. The van der Waals surface area contributed by atoms with Gasteiger partial charge in [0.2, 0.25) is 0 Å². The fourth-order valence-corrected chi connectivity index (χ4v) is 3.53. The molecular formula is C22H25FN4O4. The van der Waals surface area contributed by atoms with Gasteiger partial charge < -0.3 is 30.0 Å². The lowest BCUT2D eigenvalue weighted by Gasteiger charge is -2.17. The van der Waals surface area contributed by atoms with Crippen LogP contribution in [0, 0.1) is 5.82 Å². The van der Waals surface area contributed by atoms with E-state index in [4.69, 9.17) is 14.2 Å². The maximum atomic E-state index is 13.9. The molecule has 0 saturated carbocycles. The SMILES string of the molecule is COCCOc1cc2c(N[C@H]3CCNC3)nc(-c3cc(F)ccc3O)nc2cc1OC. The quantitative estimate of drug-likeness (QED) is 0.471. The third-order valence-corrected chi connectivity index (χ3v) is 5.13. The summed E-state index contributed by atoms with van der Waals surface area (Å²) in [6.45, 7) is 2.52. The summed E-state index contributed by atoms with van der Waals surface area (Å²) in [4.78, 5) is 9.21. The number of hydrogen-bond donors (Lipinski definition) is 3. The number of phenols is 1. The molecule has 1 saturated heterocycles. The molecule has 9 heteroatoms. The minimum Gasteiger partial charge on any atom is -0.507 e. The van der Waals surface area contributed by atoms with E-state index in [-0.39, 0.29) is 23.2 Å². The van der Waals surface area contributed by atoms with Crippen molar-refractivity contribution in [2.45, 2.75) is 12.5 Å². The van der Waals surface area contributed by atoms with Gasteiger partial charge in [0.25, 0.3) is 0 Å². The van der Waals surface area contributed by atoms with Gasteiger partial charge in [-0.05, 0) is 37.2 Å². The highest BCUT2D eigenvalue weighted by Crippen LogP contribution is 2.37. The molecule has 0 unspecified atom stereocenters. The second-order valence-corrected chi connectivity index (χ2v) is 7.25. The van der Waals surface area contributed by atoms with E-state index in [1.807, 2.05) is 6.07 Å². The van der Waals surface area contributed by atoms with Gasteiger partial charge >= 0.3 is 0 Å². The van der Waals surface area contributed by atoms with Gasteiger partial charge in [-0.1, -0.05) is 0 Å². The van der Waals surface area contributed by atoms with E-state index in [0.717, 1.165) is 24.9 Å². The molecular weight excluding hydrogens is 403 g/mol. The summed E-state index contributed by atoms with van der Waals surface area (Å²) in [5, 5.41) is 17.8. The minimum absolute atomic E-state index is 0.0966. The number of aromatic nitrogens is 2. The third kappa shape index (κ3) is 4.62. The number of nitrogens with one attached hydrogen (secondary N) is 2. The summed E-state index contributed by atoms with van der Waals surface area (Å²) in [5.41, 5.74) is 0.798. The molecule has 1 aliphatic heterocycles. The van der Waals surface area contributed by atoms with Gasteiger partial charge in [0.15, 0.2) is 17.3 Å². The number of aromatic hydroxyl groups is 1. The van der Waals surface area contributed by atoms with Crippen LogP contribution in [-0.4, -0.2) is 61.6 Å². The van der Waals surface area contributed by atoms with Crippen molar-refractivity contribution in [3.8, 4) is 28.6 Å². The third-order valence-electron chi connectivity index (χ3n) is 5.13. The normalized spacial score (nSPS) is 15.9. The van der Waals surface area contributed by atoms with Crippen LogP contribution in [0.5, 0.6) is 17.2 Å². The average Bonchev–Trinajstić information content (AvgIpc) is 3.28. The number of rotatable bonds is 8. The van der Waals surface area contributed by atoms with E-state index < -0.39 is 5.82 Å². The summed E-state index contributed by atoms with van der Waals surface area (Å²) >= 11 is 0. The van der Waals surface area contributed by atoms with E-state index >= 15 is 0 Å². The Kier molecular flexibility index (Phi) is 6.34. The van der Waals surface area contributed by atoms with Crippen molar-refractivity contribution >= 4 is 16.7 Å². The van der Waals surface area contributed by atoms with Crippen LogP contribution < -0.4 is 20.1 Å². The predicted octanol–water partition coefficient (Wildman–Crippen LogP) is 2.95. The second-order valence-electron chi connectivity index (χ2n) is 7.25. The van der Waals surface area contributed by atoms with Crippen molar-refractivity contribution in [3.63, 3.8) is 0 Å². The van der Waals surface area contributed by atoms with Crippen molar-refractivity contribution in [3.05, 3.63) is 36.1 Å². The Morgan fingerprint density at radius 1 is 1.16 bits per heavy atom. The molecule has 8 nitrogen and oxygen atoms in total. The molecule has 3 N–H and O–H groups in total. The van der Waals surface area contributed by atoms with Gasteiger partial charge in [-0.3, -0.25) is 0 Å². The second kappa shape index (κ2) is 9.32. The molecule has 1 fully saturated rings. The van der Waals surface area contributed by atoms with Gasteiger partial charge in [0.1, 0.15) is 24.0 Å². The lowest BCUT2D eigenvalue weighted by molar-refractivity contribution is 0.144. The number of fused-ring (bicyclic) bond motifs is 1. The average molecular weight is 428 g/mol. The molecule has 1 aromatic heterocycles. The summed E-state index contributed by atoms with van der Waals surface area (Å²) in [6.07, 6.45) is 0.944. The molecule has 0 aliphatic carbocycles. The molecule has 1 atom stereocenters. The minimum atomic E-state index is -0.481. The van der Waals surface area contributed by atoms with Crippen LogP contribution in [0.2, 0.25) is 0 Å². The van der Waals surface area contributed by atoms with Crippen LogP contribution in [0.25, 0.3) is 22.3 Å². The number of methoxy groups -OCH3 is 2. The van der Waals surface area contributed by atoms with Crippen molar-refractivity contribution in [2.75, 3.05) is 45.8 Å². The Balaban J connectivity index is 1.84. The Hall–Kier alpha value is -3.17. The maximum absolute atomic E-state index is 13.9. The summed E-state index contributed by atoms with van der Waals surface area (Å²) < 4.78 is 30.2. The first-order valence-corrected chi connectivity index (χ1v) is 10.1. The fourth-order valence-electron chi connectivity index (χ4n) is 3.53. The molecule has 31 heavy (non-hydrogen) atoms. The first-order chi connectivity index (χ1) is 15.1. The zero-order valence-electron chi connectivity index (χ0n) is 17.4. The Bertz CT molecular complexity index is 1070. The van der Waals surface area contributed by atoms with Crippen molar-refractivity contribution in [1.82, 2.24) is 15.3 Å². The topological polar surface area (TPSA) is 97.8 Å². The molecule has 2 aromatic carbocycles. The van der Waals surface area contributed by atoms with Crippen LogP contribution in [0.4, 0.5) is 10.2 Å². The highest BCUT2D eigenvalue weighted by atomic mass is 19.1. The maximum Gasteiger partial charge on any atom is 0.165 e. The smallest absolute Gasteiger partial charge is 0.165 e. The number of ether oxygens (including phenoxy) is 3. The molecule has 0 radical (unpaired) electrons. The monoisotopic (exact) mass is 428 g/mol. The van der Waals surface area contributed by atoms with Crippen LogP contribution in [0.3, 0.4) is 0 Å². The Labute approximate surface area is 179 Å². The van der Waals surface area contributed by atoms with Crippen LogP contribution in [0.15, 0.2) is 30.3 Å². The van der Waals surface area contributed by atoms with E-state index in [9.17, 15) is 9.50 Å². The summed E-state index contributed by atoms with van der Waals surface area (Å²) in [5.74, 6) is 1.27. The molecule has 2 heterocycles. The van der Waals surface area contributed by atoms with E-state index in [0.29, 0.717) is 36.0 Å². The summed E-state index contributed by atoms with van der Waals surface area (Å²) in [6, 6.07) is 7.46. The van der Waals surface area contributed by atoms with Crippen molar-refractivity contribution in [1.29, 1.82) is 0 Å². The van der Waals surface area contributed by atoms with Gasteiger partial charge in [0.05, 0.1) is 24.8 Å². The molecule has 4 rings (SSSR count). The van der Waals surface area contributed by atoms with Gasteiger partial charge in [0, 0.05) is 31.1 Å². The fraction of sp³-hybridized carbons (Fsp3) is 0.364. The highest BCUT2D eigenvalue weighted by Gasteiger charge is 2.20. The number of halogens is 1. The summed E-state index contributed by atoms with van der Waals surface area (Å²) in [7, 11) is 3.16. The lowest BCUT2D eigenvalue weighted by Crippen LogP contribution is -2.23. The van der Waals surface area contributed by atoms with Gasteiger partial charge in [-0.25, -0.2) is 14.4 Å². The van der Waals surface area contributed by atoms with Crippen LogP contribution in [0.1, 0.15) is 6.42 Å².